The highest BCUT2D eigenvalue weighted by Gasteiger charge is 2.35. The molecule has 0 atom stereocenters. The van der Waals surface area contributed by atoms with Crippen LogP contribution in [-0.4, -0.2) is 31.1 Å². The van der Waals surface area contributed by atoms with Gasteiger partial charge in [0.15, 0.2) is 0 Å². The lowest BCUT2D eigenvalue weighted by Gasteiger charge is -2.30. The second-order valence-electron chi connectivity index (χ2n) is 6.30. The van der Waals surface area contributed by atoms with E-state index in [0.29, 0.717) is 12.1 Å². The Morgan fingerprint density at radius 2 is 1.54 bits per heavy atom. The molecule has 2 aromatic carbocycles. The summed E-state index contributed by atoms with van der Waals surface area (Å²) in [7, 11) is 2.53. The molecule has 0 amide bonds. The highest BCUT2D eigenvalue weighted by Crippen LogP contribution is 2.37. The lowest BCUT2D eigenvalue weighted by atomic mass is 9.83. The fourth-order valence-electron chi connectivity index (χ4n) is 3.22. The third-order valence-corrected chi connectivity index (χ3v) is 4.46. The molecule has 0 radical (unpaired) electrons. The first-order chi connectivity index (χ1) is 13.5. The summed E-state index contributed by atoms with van der Waals surface area (Å²) in [5, 5.41) is 0. The Kier molecular flexibility index (Phi) is 5.89. The van der Waals surface area contributed by atoms with Gasteiger partial charge in [-0.1, -0.05) is 42.5 Å². The summed E-state index contributed by atoms with van der Waals surface area (Å²) in [6.07, 6.45) is 3.25. The maximum absolute atomic E-state index is 13.8. The first-order valence-corrected chi connectivity index (χ1v) is 8.68. The zero-order valence-corrected chi connectivity index (χ0v) is 15.6. The molecule has 6 heteroatoms. The molecule has 0 unspecified atom stereocenters. The highest BCUT2D eigenvalue weighted by atomic mass is 19.1. The number of esters is 2. The summed E-state index contributed by atoms with van der Waals surface area (Å²) >= 11 is 0. The molecule has 1 aliphatic rings. The minimum atomic E-state index is -0.789. The smallest absolute Gasteiger partial charge is 0.336 e. The second-order valence-corrected chi connectivity index (χ2v) is 6.30. The van der Waals surface area contributed by atoms with Gasteiger partial charge in [0.25, 0.3) is 0 Å². The minimum absolute atomic E-state index is 0.229. The molecule has 1 aliphatic heterocycles. The van der Waals surface area contributed by atoms with Crippen LogP contribution in [0, 0.1) is 5.82 Å². The lowest BCUT2D eigenvalue weighted by molar-refractivity contribution is -0.137. The fourth-order valence-corrected chi connectivity index (χ4v) is 3.22. The molecular formula is C22H20FNO4. The van der Waals surface area contributed by atoms with Gasteiger partial charge in [0, 0.05) is 18.9 Å². The molecular weight excluding hydrogens is 361 g/mol. The standard InChI is InChI=1S/C22H20FNO4/c1-27-21(25)18-13-24(12-15-7-4-3-5-8-15)14-19(22(26)28-2)20(18)16-9-6-10-17(23)11-16/h3-11,13-14,20H,12H2,1-2H3. The fraction of sp³-hybridized carbons (Fsp3) is 0.182. The number of methoxy groups -OCH3 is 2. The molecule has 3 rings (SSSR count). The minimum Gasteiger partial charge on any atom is -0.466 e. The van der Waals surface area contributed by atoms with E-state index in [2.05, 4.69) is 0 Å². The van der Waals surface area contributed by atoms with E-state index in [0.717, 1.165) is 5.56 Å². The van der Waals surface area contributed by atoms with Crippen LogP contribution >= 0.6 is 0 Å². The monoisotopic (exact) mass is 381 g/mol. The van der Waals surface area contributed by atoms with Crippen molar-refractivity contribution >= 4 is 11.9 Å². The van der Waals surface area contributed by atoms with Crippen molar-refractivity contribution < 1.29 is 23.5 Å². The van der Waals surface area contributed by atoms with Crippen LogP contribution in [-0.2, 0) is 25.6 Å². The van der Waals surface area contributed by atoms with Crippen LogP contribution in [0.4, 0.5) is 4.39 Å². The Labute approximate surface area is 162 Å². The Morgan fingerprint density at radius 1 is 0.929 bits per heavy atom. The van der Waals surface area contributed by atoms with Gasteiger partial charge in [-0.25, -0.2) is 14.0 Å². The molecule has 0 bridgehead atoms. The quantitative estimate of drug-likeness (QED) is 0.742. The van der Waals surface area contributed by atoms with Gasteiger partial charge in [-0.15, -0.1) is 0 Å². The SMILES string of the molecule is COC(=O)C1=CN(Cc2ccccc2)C=C(C(=O)OC)C1c1cccc(F)c1. The van der Waals surface area contributed by atoms with Crippen LogP contribution in [0.5, 0.6) is 0 Å². The van der Waals surface area contributed by atoms with Gasteiger partial charge in [0.05, 0.1) is 31.3 Å². The molecule has 1 heterocycles. The van der Waals surface area contributed by atoms with Gasteiger partial charge in [-0.2, -0.15) is 0 Å². The van der Waals surface area contributed by atoms with Gasteiger partial charge in [-0.05, 0) is 23.3 Å². The number of carbonyl (C=O) groups excluding carboxylic acids is 2. The number of ether oxygens (including phenoxy) is 2. The third kappa shape index (κ3) is 4.11. The Bertz CT molecular complexity index is 903. The van der Waals surface area contributed by atoms with Crippen molar-refractivity contribution in [3.8, 4) is 0 Å². The molecule has 0 saturated heterocycles. The number of carbonyl (C=O) groups is 2. The largest absolute Gasteiger partial charge is 0.466 e. The van der Waals surface area contributed by atoms with Crippen molar-refractivity contribution in [2.24, 2.45) is 0 Å². The van der Waals surface area contributed by atoms with Crippen LogP contribution in [0.3, 0.4) is 0 Å². The summed E-state index contributed by atoms with van der Waals surface area (Å²) in [4.78, 5) is 26.7. The van der Waals surface area contributed by atoms with Crippen molar-refractivity contribution in [1.29, 1.82) is 0 Å². The highest BCUT2D eigenvalue weighted by molar-refractivity contribution is 5.98. The first kappa shape index (κ1) is 19.4. The van der Waals surface area contributed by atoms with E-state index in [9.17, 15) is 14.0 Å². The molecule has 28 heavy (non-hydrogen) atoms. The molecule has 5 nitrogen and oxygen atoms in total. The van der Waals surface area contributed by atoms with E-state index in [1.54, 1.807) is 23.4 Å². The van der Waals surface area contributed by atoms with Gasteiger partial charge in [0.2, 0.25) is 0 Å². The number of hydrogen-bond donors (Lipinski definition) is 0. The topological polar surface area (TPSA) is 55.8 Å². The van der Waals surface area contributed by atoms with Crippen molar-refractivity contribution in [3.05, 3.63) is 95.1 Å². The van der Waals surface area contributed by atoms with Gasteiger partial charge in [0.1, 0.15) is 5.82 Å². The van der Waals surface area contributed by atoms with Gasteiger partial charge >= 0.3 is 11.9 Å². The average Bonchev–Trinajstić information content (AvgIpc) is 2.72. The van der Waals surface area contributed by atoms with Crippen molar-refractivity contribution in [2.75, 3.05) is 14.2 Å². The molecule has 0 aliphatic carbocycles. The van der Waals surface area contributed by atoms with Crippen molar-refractivity contribution in [1.82, 2.24) is 4.90 Å². The summed E-state index contributed by atoms with van der Waals surface area (Å²) < 4.78 is 23.7. The Balaban J connectivity index is 2.08. The van der Waals surface area contributed by atoms with Gasteiger partial charge < -0.3 is 14.4 Å². The zero-order chi connectivity index (χ0) is 20.1. The van der Waals surface area contributed by atoms with E-state index < -0.39 is 23.7 Å². The summed E-state index contributed by atoms with van der Waals surface area (Å²) in [6.45, 7) is 0.442. The van der Waals surface area contributed by atoms with Crippen LogP contribution in [0.15, 0.2) is 78.1 Å². The Morgan fingerprint density at radius 3 is 2.07 bits per heavy atom. The lowest BCUT2D eigenvalue weighted by Crippen LogP contribution is -2.28. The van der Waals surface area contributed by atoms with E-state index in [4.69, 9.17) is 9.47 Å². The van der Waals surface area contributed by atoms with Crippen molar-refractivity contribution in [2.45, 2.75) is 12.5 Å². The van der Waals surface area contributed by atoms with Crippen LogP contribution in [0.25, 0.3) is 0 Å². The molecule has 0 saturated carbocycles. The van der Waals surface area contributed by atoms with Gasteiger partial charge in [-0.3, -0.25) is 0 Å². The normalized spacial score (nSPS) is 14.2. The molecule has 0 N–H and O–H groups in total. The van der Waals surface area contributed by atoms with Crippen LogP contribution in [0.2, 0.25) is 0 Å². The molecule has 0 fully saturated rings. The van der Waals surface area contributed by atoms with Crippen LogP contribution in [0.1, 0.15) is 17.0 Å². The maximum Gasteiger partial charge on any atom is 0.336 e. The number of nitrogens with zero attached hydrogens (tertiary/aromatic N) is 1. The molecule has 0 aromatic heterocycles. The van der Waals surface area contributed by atoms with E-state index >= 15 is 0 Å². The number of rotatable bonds is 5. The predicted octanol–water partition coefficient (Wildman–Crippen LogP) is 3.54. The predicted molar refractivity (Wildman–Crippen MR) is 101 cm³/mol. The number of hydrogen-bond acceptors (Lipinski definition) is 5. The summed E-state index contributed by atoms with van der Waals surface area (Å²) in [5.74, 6) is -2.44. The average molecular weight is 381 g/mol. The summed E-state index contributed by atoms with van der Waals surface area (Å²) in [6, 6.07) is 15.4. The van der Waals surface area contributed by atoms with E-state index in [-0.39, 0.29) is 11.1 Å². The van der Waals surface area contributed by atoms with E-state index in [1.165, 1.54) is 32.4 Å². The number of benzene rings is 2. The van der Waals surface area contributed by atoms with Crippen molar-refractivity contribution in [3.63, 3.8) is 0 Å². The third-order valence-electron chi connectivity index (χ3n) is 4.46. The van der Waals surface area contributed by atoms with Crippen LogP contribution < -0.4 is 0 Å². The Hall–Kier alpha value is -3.41. The molecule has 144 valence electrons. The summed E-state index contributed by atoms with van der Waals surface area (Å²) in [5.41, 5.74) is 1.92. The maximum atomic E-state index is 13.8. The number of halogens is 1. The second kappa shape index (κ2) is 8.52. The molecule has 0 spiro atoms. The molecule has 2 aromatic rings. The first-order valence-electron chi connectivity index (χ1n) is 8.68. The van der Waals surface area contributed by atoms with E-state index in [1.807, 2.05) is 30.3 Å². The zero-order valence-electron chi connectivity index (χ0n) is 15.6.